The van der Waals surface area contributed by atoms with Crippen LogP contribution in [-0.2, 0) is 11.0 Å². The number of carboxylic acid groups (broad SMARTS) is 1. The van der Waals surface area contributed by atoms with Crippen LogP contribution in [0.2, 0.25) is 0 Å². The Balaban J connectivity index is 2.83. The van der Waals surface area contributed by atoms with Crippen LogP contribution in [0.25, 0.3) is 0 Å². The molecule has 0 bridgehead atoms. The second kappa shape index (κ2) is 7.05. The van der Waals surface area contributed by atoms with Gasteiger partial charge in [0, 0.05) is 12.7 Å². The van der Waals surface area contributed by atoms with Crippen LogP contribution < -0.4 is 5.32 Å². The first-order valence-corrected chi connectivity index (χ1v) is 6.30. The average Bonchev–Trinajstić information content (AvgIpc) is 2.41. The number of carboxylic acids is 1. The van der Waals surface area contributed by atoms with Crippen molar-refractivity contribution in [3.63, 3.8) is 0 Å². The average molecular weight is 304 g/mol. The molecular weight excluding hydrogens is 289 g/mol. The number of nitrogens with one attached hydrogen (secondary N) is 1. The van der Waals surface area contributed by atoms with Crippen LogP contribution in [0.3, 0.4) is 0 Å². The summed E-state index contributed by atoms with van der Waals surface area (Å²) in [5, 5.41) is 11.1. The molecule has 1 unspecified atom stereocenters. The van der Waals surface area contributed by atoms with Crippen molar-refractivity contribution in [2.45, 2.75) is 25.9 Å². The second-order valence-corrected chi connectivity index (χ2v) is 4.43. The van der Waals surface area contributed by atoms with Crippen molar-refractivity contribution in [1.82, 2.24) is 10.3 Å². The summed E-state index contributed by atoms with van der Waals surface area (Å²) in [7, 11) is 0. The number of hydrogen-bond acceptors (Lipinski definition) is 3. The van der Waals surface area contributed by atoms with Gasteiger partial charge in [0.25, 0.3) is 5.91 Å². The molecule has 0 aliphatic carbocycles. The first kappa shape index (κ1) is 16.9. The van der Waals surface area contributed by atoms with Gasteiger partial charge >= 0.3 is 12.1 Å². The van der Waals surface area contributed by atoms with E-state index < -0.39 is 35.2 Å². The maximum Gasteiger partial charge on any atom is 0.434 e. The minimum Gasteiger partial charge on any atom is -0.481 e. The third kappa shape index (κ3) is 4.73. The summed E-state index contributed by atoms with van der Waals surface area (Å²) in [6.45, 7) is 1.55. The Hall–Kier alpha value is -2.12. The molecule has 2 N–H and O–H groups in total. The summed E-state index contributed by atoms with van der Waals surface area (Å²) in [6.07, 6.45) is -2.89. The Kier molecular flexibility index (Phi) is 5.69. The number of pyridine rings is 1. The molecule has 0 saturated carbocycles. The van der Waals surface area contributed by atoms with Crippen LogP contribution in [-0.4, -0.2) is 28.5 Å². The van der Waals surface area contributed by atoms with Gasteiger partial charge < -0.3 is 10.4 Å². The van der Waals surface area contributed by atoms with Crippen molar-refractivity contribution in [2.24, 2.45) is 5.92 Å². The molecule has 0 fully saturated rings. The zero-order valence-corrected chi connectivity index (χ0v) is 11.3. The van der Waals surface area contributed by atoms with Gasteiger partial charge in [0.2, 0.25) is 0 Å². The summed E-state index contributed by atoms with van der Waals surface area (Å²) in [5.74, 6) is -2.91. The maximum absolute atomic E-state index is 12.7. The fourth-order valence-electron chi connectivity index (χ4n) is 1.79. The van der Waals surface area contributed by atoms with Gasteiger partial charge in [-0.2, -0.15) is 13.2 Å². The van der Waals surface area contributed by atoms with Crippen molar-refractivity contribution >= 4 is 11.9 Å². The van der Waals surface area contributed by atoms with Crippen LogP contribution in [0.1, 0.15) is 35.8 Å². The molecule has 8 heteroatoms. The number of carbonyl (C=O) groups excluding carboxylic acids is 1. The van der Waals surface area contributed by atoms with E-state index >= 15 is 0 Å². The predicted octanol–water partition coefficient (Wildman–Crippen LogP) is 2.33. The molecule has 0 aliphatic rings. The van der Waals surface area contributed by atoms with Gasteiger partial charge in [-0.1, -0.05) is 13.3 Å². The van der Waals surface area contributed by atoms with E-state index in [1.54, 1.807) is 6.92 Å². The summed E-state index contributed by atoms with van der Waals surface area (Å²) < 4.78 is 38.2. The molecule has 116 valence electrons. The molecule has 1 atom stereocenters. The minimum absolute atomic E-state index is 0.228. The van der Waals surface area contributed by atoms with Crippen molar-refractivity contribution in [3.05, 3.63) is 29.6 Å². The highest BCUT2D eigenvalue weighted by Crippen LogP contribution is 2.29. The summed E-state index contributed by atoms with van der Waals surface area (Å²) >= 11 is 0. The topological polar surface area (TPSA) is 79.3 Å². The van der Waals surface area contributed by atoms with Crippen molar-refractivity contribution in [1.29, 1.82) is 0 Å². The molecule has 0 aliphatic heterocycles. The van der Waals surface area contributed by atoms with Gasteiger partial charge in [-0.25, -0.2) is 0 Å². The first-order valence-electron chi connectivity index (χ1n) is 6.30. The molecule has 21 heavy (non-hydrogen) atoms. The molecule has 0 spiro atoms. The van der Waals surface area contributed by atoms with E-state index in [0.717, 1.165) is 12.3 Å². The summed E-state index contributed by atoms with van der Waals surface area (Å²) in [6, 6.07) is 2.21. The Morgan fingerprint density at radius 1 is 1.43 bits per heavy atom. The smallest absolute Gasteiger partial charge is 0.434 e. The first-order chi connectivity index (χ1) is 9.77. The van der Waals surface area contributed by atoms with Crippen LogP contribution in [0.5, 0.6) is 0 Å². The lowest BCUT2D eigenvalue weighted by Gasteiger charge is -2.14. The summed E-state index contributed by atoms with van der Waals surface area (Å²) in [4.78, 5) is 25.9. The van der Waals surface area contributed by atoms with Crippen LogP contribution in [0.4, 0.5) is 13.2 Å². The monoisotopic (exact) mass is 304 g/mol. The highest BCUT2D eigenvalue weighted by molar-refractivity contribution is 5.95. The van der Waals surface area contributed by atoms with Crippen molar-refractivity contribution < 1.29 is 27.9 Å². The molecule has 0 aromatic carbocycles. The van der Waals surface area contributed by atoms with Gasteiger partial charge in [-0.3, -0.25) is 14.6 Å². The lowest BCUT2D eigenvalue weighted by molar-refractivity contribution is -0.142. The molecule has 1 aromatic heterocycles. The SMILES string of the molecule is CCCC(CNC(=O)c1cccnc1C(F)(F)F)C(=O)O. The number of halogens is 3. The number of carbonyl (C=O) groups is 2. The van der Waals surface area contributed by atoms with Crippen molar-refractivity contribution in [3.8, 4) is 0 Å². The fraction of sp³-hybridized carbons (Fsp3) is 0.462. The lowest BCUT2D eigenvalue weighted by Crippen LogP contribution is -2.34. The van der Waals surface area contributed by atoms with E-state index in [9.17, 15) is 22.8 Å². The molecule has 0 radical (unpaired) electrons. The van der Waals surface area contributed by atoms with Crippen LogP contribution in [0.15, 0.2) is 18.3 Å². The third-order valence-electron chi connectivity index (χ3n) is 2.82. The van der Waals surface area contributed by atoms with Gasteiger partial charge in [0.15, 0.2) is 5.69 Å². The standard InChI is InChI=1S/C13H15F3N2O3/c1-2-4-8(12(20)21)7-18-11(19)9-5-3-6-17-10(9)13(14,15)16/h3,5-6,8H,2,4,7H2,1H3,(H,18,19)(H,20,21). The quantitative estimate of drug-likeness (QED) is 0.845. The number of alkyl halides is 3. The molecule has 1 aromatic rings. The molecule has 1 rings (SSSR count). The molecule has 0 saturated heterocycles. The Morgan fingerprint density at radius 2 is 2.10 bits per heavy atom. The number of nitrogens with zero attached hydrogens (tertiary/aromatic N) is 1. The van der Waals surface area contributed by atoms with Gasteiger partial charge in [0.05, 0.1) is 11.5 Å². The predicted molar refractivity (Wildman–Crippen MR) is 67.6 cm³/mol. The number of rotatable bonds is 6. The molecule has 1 heterocycles. The Morgan fingerprint density at radius 3 is 2.62 bits per heavy atom. The van der Waals surface area contributed by atoms with Crippen LogP contribution >= 0.6 is 0 Å². The largest absolute Gasteiger partial charge is 0.481 e. The van der Waals surface area contributed by atoms with E-state index in [4.69, 9.17) is 5.11 Å². The second-order valence-electron chi connectivity index (χ2n) is 4.43. The zero-order chi connectivity index (χ0) is 16.0. The Labute approximate surface area is 119 Å². The number of aromatic nitrogens is 1. The third-order valence-corrected chi connectivity index (χ3v) is 2.82. The van der Waals surface area contributed by atoms with Gasteiger partial charge in [-0.05, 0) is 18.6 Å². The number of aliphatic carboxylic acids is 1. The number of amides is 1. The summed E-state index contributed by atoms with van der Waals surface area (Å²) in [5.41, 5.74) is -1.91. The van der Waals surface area contributed by atoms with E-state index in [-0.39, 0.29) is 6.54 Å². The fourth-order valence-corrected chi connectivity index (χ4v) is 1.79. The van der Waals surface area contributed by atoms with E-state index in [0.29, 0.717) is 12.8 Å². The highest BCUT2D eigenvalue weighted by atomic mass is 19.4. The highest BCUT2D eigenvalue weighted by Gasteiger charge is 2.37. The molecule has 5 nitrogen and oxygen atoms in total. The molecule has 1 amide bonds. The van der Waals surface area contributed by atoms with Gasteiger partial charge in [0.1, 0.15) is 0 Å². The van der Waals surface area contributed by atoms with Crippen LogP contribution in [0, 0.1) is 5.92 Å². The van der Waals surface area contributed by atoms with E-state index in [1.165, 1.54) is 6.07 Å². The molecular formula is C13H15F3N2O3. The Bertz CT molecular complexity index is 518. The normalized spacial score (nSPS) is 12.8. The van der Waals surface area contributed by atoms with Gasteiger partial charge in [-0.15, -0.1) is 0 Å². The van der Waals surface area contributed by atoms with E-state index in [2.05, 4.69) is 10.3 Å². The van der Waals surface area contributed by atoms with E-state index in [1.807, 2.05) is 0 Å². The zero-order valence-electron chi connectivity index (χ0n) is 11.3. The lowest BCUT2D eigenvalue weighted by atomic mass is 10.0. The maximum atomic E-state index is 12.7. The number of hydrogen-bond donors (Lipinski definition) is 2. The minimum atomic E-state index is -4.75. The van der Waals surface area contributed by atoms with Crippen molar-refractivity contribution in [2.75, 3.05) is 6.54 Å².